The highest BCUT2D eigenvalue weighted by atomic mass is 16.6. The van der Waals surface area contributed by atoms with E-state index >= 15 is 0 Å². The van der Waals surface area contributed by atoms with Crippen LogP contribution in [0.15, 0.2) is 71.1 Å². The molecule has 7 nitrogen and oxygen atoms in total. The summed E-state index contributed by atoms with van der Waals surface area (Å²) < 4.78 is 18.2. The summed E-state index contributed by atoms with van der Waals surface area (Å²) in [6.45, 7) is 6.33. The monoisotopic (exact) mass is 552 g/mol. The third kappa shape index (κ3) is 5.53. The molecule has 1 atom stereocenters. The fourth-order valence-electron chi connectivity index (χ4n) is 5.69. The van der Waals surface area contributed by atoms with Crippen LogP contribution in [-0.2, 0) is 4.74 Å². The van der Waals surface area contributed by atoms with Gasteiger partial charge >= 0.3 is 6.09 Å². The number of hydrogen-bond donors (Lipinski definition) is 1. The number of para-hydroxylation sites is 1. The minimum absolute atomic E-state index is 0.0868. The first kappa shape index (κ1) is 26.9. The smallest absolute Gasteiger partial charge is 0.410 e. The second-order valence-corrected chi connectivity index (χ2v) is 11.9. The van der Waals surface area contributed by atoms with Crippen LogP contribution in [0, 0.1) is 0 Å². The molecule has 1 aliphatic carbocycles. The highest BCUT2D eigenvalue weighted by molar-refractivity contribution is 6.11. The molecule has 1 saturated heterocycles. The summed E-state index contributed by atoms with van der Waals surface area (Å²) >= 11 is 0. The number of carbonyl (C=O) groups excluding carboxylic acids is 2. The van der Waals surface area contributed by atoms with Crippen LogP contribution in [0.5, 0.6) is 11.5 Å². The summed E-state index contributed by atoms with van der Waals surface area (Å²) in [7, 11) is 1.63. The van der Waals surface area contributed by atoms with Gasteiger partial charge in [-0.2, -0.15) is 0 Å². The second-order valence-electron chi connectivity index (χ2n) is 11.9. The largest absolute Gasteiger partial charge is 0.457 e. The number of fused-ring (bicyclic) bond motifs is 1. The lowest BCUT2D eigenvalue weighted by Crippen LogP contribution is -2.36. The van der Waals surface area contributed by atoms with E-state index in [0.29, 0.717) is 35.1 Å². The van der Waals surface area contributed by atoms with Gasteiger partial charge in [0, 0.05) is 24.5 Å². The standard InChI is InChI=1S/C34H36N2O5/c1-34(2,3)41-33(38)36-18-8-11-28(36)26-20-29-27(19-25(26)21-12-13-21)30(32(37)35-4)31(40-29)22-14-16-24(17-15-22)39-23-9-6-5-7-10-23/h5-7,9-10,14-17,19-21,28H,8,11-13,18H2,1-4H3,(H,35,37). The predicted molar refractivity (Wildman–Crippen MR) is 158 cm³/mol. The van der Waals surface area contributed by atoms with E-state index in [4.69, 9.17) is 13.9 Å². The Bertz CT molecular complexity index is 1580. The predicted octanol–water partition coefficient (Wildman–Crippen LogP) is 8.20. The average molecular weight is 553 g/mol. The van der Waals surface area contributed by atoms with Gasteiger partial charge in [-0.3, -0.25) is 4.79 Å². The molecule has 1 aliphatic heterocycles. The van der Waals surface area contributed by atoms with Gasteiger partial charge in [-0.25, -0.2) is 4.79 Å². The van der Waals surface area contributed by atoms with Gasteiger partial charge in [0.25, 0.3) is 5.91 Å². The quantitative estimate of drug-likeness (QED) is 0.261. The van der Waals surface area contributed by atoms with E-state index in [1.54, 1.807) is 7.05 Å². The SMILES string of the molecule is CNC(=O)c1c(-c2ccc(Oc3ccccc3)cc2)oc2cc(C3CCCN3C(=O)OC(C)(C)C)c(C3CC3)cc12. The van der Waals surface area contributed by atoms with E-state index in [9.17, 15) is 9.59 Å². The highest BCUT2D eigenvalue weighted by Crippen LogP contribution is 2.48. The Hall–Kier alpha value is -4.26. The lowest BCUT2D eigenvalue weighted by Gasteiger charge is -2.30. The van der Waals surface area contributed by atoms with E-state index in [0.717, 1.165) is 47.9 Å². The van der Waals surface area contributed by atoms with Crippen LogP contribution in [0.25, 0.3) is 22.3 Å². The van der Waals surface area contributed by atoms with Crippen molar-refractivity contribution in [2.45, 2.75) is 64.0 Å². The molecule has 2 heterocycles. The van der Waals surface area contributed by atoms with Gasteiger partial charge in [0.1, 0.15) is 28.4 Å². The number of benzene rings is 3. The first-order valence-corrected chi connectivity index (χ1v) is 14.4. The zero-order chi connectivity index (χ0) is 28.7. The maximum absolute atomic E-state index is 13.2. The molecule has 1 unspecified atom stereocenters. The third-order valence-corrected chi connectivity index (χ3v) is 7.70. The fraction of sp³-hybridized carbons (Fsp3) is 0.353. The molecule has 7 heteroatoms. The molecule has 212 valence electrons. The summed E-state index contributed by atoms with van der Waals surface area (Å²) in [6, 6.07) is 21.3. The first-order valence-electron chi connectivity index (χ1n) is 14.4. The summed E-state index contributed by atoms with van der Waals surface area (Å²) in [5.41, 5.74) is 3.67. The lowest BCUT2D eigenvalue weighted by atomic mass is 9.92. The van der Waals surface area contributed by atoms with E-state index in [1.807, 2.05) is 80.3 Å². The van der Waals surface area contributed by atoms with Crippen LogP contribution in [0.4, 0.5) is 4.79 Å². The Labute approximate surface area is 240 Å². The molecule has 0 bridgehead atoms. The van der Waals surface area contributed by atoms with Crippen molar-refractivity contribution >= 4 is 23.0 Å². The van der Waals surface area contributed by atoms with Crippen molar-refractivity contribution in [2.24, 2.45) is 0 Å². The summed E-state index contributed by atoms with van der Waals surface area (Å²) in [5.74, 6) is 2.18. The van der Waals surface area contributed by atoms with Crippen molar-refractivity contribution < 1.29 is 23.5 Å². The zero-order valence-corrected chi connectivity index (χ0v) is 24.0. The Morgan fingerprint density at radius 3 is 2.29 bits per heavy atom. The Balaban J connectivity index is 1.40. The summed E-state index contributed by atoms with van der Waals surface area (Å²) in [6.07, 6.45) is 3.69. The number of likely N-dealkylation sites (tertiary alicyclic amines) is 1. The number of carbonyl (C=O) groups is 2. The van der Waals surface area contributed by atoms with Crippen molar-refractivity contribution in [3.8, 4) is 22.8 Å². The number of rotatable bonds is 6. The van der Waals surface area contributed by atoms with Gasteiger partial charge < -0.3 is 24.1 Å². The summed E-state index contributed by atoms with van der Waals surface area (Å²) in [4.78, 5) is 28.2. The van der Waals surface area contributed by atoms with Gasteiger partial charge in [0.2, 0.25) is 0 Å². The molecule has 0 spiro atoms. The van der Waals surface area contributed by atoms with Gasteiger partial charge in [0.15, 0.2) is 0 Å². The molecule has 2 amide bonds. The average Bonchev–Trinajstić information content (AvgIpc) is 3.55. The third-order valence-electron chi connectivity index (χ3n) is 7.70. The lowest BCUT2D eigenvalue weighted by molar-refractivity contribution is 0.0224. The molecule has 1 saturated carbocycles. The minimum Gasteiger partial charge on any atom is -0.457 e. The molecule has 1 aromatic heterocycles. The van der Waals surface area contributed by atoms with Gasteiger partial charge in [0.05, 0.1) is 11.6 Å². The maximum Gasteiger partial charge on any atom is 0.410 e. The number of ether oxygens (including phenoxy) is 2. The number of nitrogens with zero attached hydrogens (tertiary/aromatic N) is 1. The summed E-state index contributed by atoms with van der Waals surface area (Å²) in [5, 5.41) is 3.59. The van der Waals surface area contributed by atoms with E-state index in [2.05, 4.69) is 17.4 Å². The molecule has 1 N–H and O–H groups in total. The van der Waals surface area contributed by atoms with Gasteiger partial charge in [-0.15, -0.1) is 0 Å². The first-order chi connectivity index (χ1) is 19.7. The Morgan fingerprint density at radius 2 is 1.63 bits per heavy atom. The van der Waals surface area contributed by atoms with Crippen LogP contribution in [-0.4, -0.2) is 36.1 Å². The molecule has 3 aromatic carbocycles. The second kappa shape index (κ2) is 10.6. The topological polar surface area (TPSA) is 81.0 Å². The van der Waals surface area contributed by atoms with Crippen LogP contribution in [0.2, 0.25) is 0 Å². The Kier molecular flexibility index (Phi) is 6.98. The molecular weight excluding hydrogens is 516 g/mol. The molecule has 41 heavy (non-hydrogen) atoms. The van der Waals surface area contributed by atoms with Crippen LogP contribution >= 0.6 is 0 Å². The molecule has 6 rings (SSSR count). The molecule has 0 radical (unpaired) electrons. The van der Waals surface area contributed by atoms with Crippen molar-refractivity contribution in [1.29, 1.82) is 0 Å². The number of hydrogen-bond acceptors (Lipinski definition) is 5. The van der Waals surface area contributed by atoms with Crippen molar-refractivity contribution in [3.05, 3.63) is 83.4 Å². The van der Waals surface area contributed by atoms with E-state index in [1.165, 1.54) is 5.56 Å². The van der Waals surface area contributed by atoms with E-state index < -0.39 is 5.60 Å². The maximum atomic E-state index is 13.2. The van der Waals surface area contributed by atoms with E-state index in [-0.39, 0.29) is 18.0 Å². The fourth-order valence-corrected chi connectivity index (χ4v) is 5.69. The van der Waals surface area contributed by atoms with Crippen molar-refractivity contribution in [1.82, 2.24) is 10.2 Å². The molecule has 2 aliphatic rings. The van der Waals surface area contributed by atoms with Crippen LogP contribution < -0.4 is 10.1 Å². The van der Waals surface area contributed by atoms with Gasteiger partial charge in [-0.05, 0) is 112 Å². The molecule has 4 aromatic rings. The number of furan rings is 1. The van der Waals surface area contributed by atoms with Gasteiger partial charge in [-0.1, -0.05) is 18.2 Å². The number of amides is 2. The minimum atomic E-state index is -0.562. The van der Waals surface area contributed by atoms with Crippen LogP contribution in [0.3, 0.4) is 0 Å². The van der Waals surface area contributed by atoms with Crippen LogP contribution in [0.1, 0.15) is 79.9 Å². The normalized spacial score (nSPS) is 17.1. The van der Waals surface area contributed by atoms with Crippen molar-refractivity contribution in [3.63, 3.8) is 0 Å². The number of nitrogens with one attached hydrogen (secondary N) is 1. The Morgan fingerprint density at radius 1 is 0.927 bits per heavy atom. The zero-order valence-electron chi connectivity index (χ0n) is 24.0. The molecule has 2 fully saturated rings. The van der Waals surface area contributed by atoms with Crippen molar-refractivity contribution in [2.75, 3.05) is 13.6 Å². The highest BCUT2D eigenvalue weighted by Gasteiger charge is 2.38. The molecular formula is C34H36N2O5.